The fourth-order valence-corrected chi connectivity index (χ4v) is 3.78. The Hall–Kier alpha value is -0.870. The van der Waals surface area contributed by atoms with Crippen molar-refractivity contribution >= 4 is 9.84 Å². The zero-order valence-corrected chi connectivity index (χ0v) is 13.5. The van der Waals surface area contributed by atoms with Crippen LogP contribution < -0.4 is 0 Å². The minimum absolute atomic E-state index is 0.245. The number of hydrogen-bond acceptors (Lipinski definition) is 3. The van der Waals surface area contributed by atoms with Gasteiger partial charge in [-0.1, -0.05) is 25.1 Å². The van der Waals surface area contributed by atoms with Crippen LogP contribution in [0.15, 0.2) is 18.2 Å². The van der Waals surface area contributed by atoms with Gasteiger partial charge in [-0.2, -0.15) is 0 Å². The molecule has 1 aromatic rings. The quantitative estimate of drug-likeness (QED) is 0.838. The second-order valence-electron chi connectivity index (χ2n) is 5.72. The maximum absolute atomic E-state index is 11.7. The van der Waals surface area contributed by atoms with Crippen LogP contribution in [0.5, 0.6) is 0 Å². The van der Waals surface area contributed by atoms with Gasteiger partial charge in [0.05, 0.1) is 5.75 Å². The predicted molar refractivity (Wildman–Crippen MR) is 83.8 cm³/mol. The van der Waals surface area contributed by atoms with E-state index >= 15 is 0 Å². The number of likely N-dealkylation sites (tertiary alicyclic amines) is 1. The highest BCUT2D eigenvalue weighted by Crippen LogP contribution is 2.34. The first kappa shape index (κ1) is 15.5. The van der Waals surface area contributed by atoms with E-state index in [9.17, 15) is 8.42 Å². The lowest BCUT2D eigenvalue weighted by Gasteiger charge is -2.26. The van der Waals surface area contributed by atoms with Gasteiger partial charge in [0.15, 0.2) is 9.84 Å². The van der Waals surface area contributed by atoms with Crippen LogP contribution in [-0.4, -0.2) is 37.9 Å². The Labute approximate surface area is 122 Å². The molecule has 1 atom stereocenters. The van der Waals surface area contributed by atoms with Gasteiger partial charge >= 0.3 is 0 Å². The van der Waals surface area contributed by atoms with E-state index in [1.165, 1.54) is 16.7 Å². The Morgan fingerprint density at radius 2 is 2.05 bits per heavy atom. The van der Waals surface area contributed by atoms with Gasteiger partial charge in [-0.05, 0) is 49.9 Å². The molecule has 1 unspecified atom stereocenters. The molecule has 0 N–H and O–H groups in total. The fourth-order valence-electron chi connectivity index (χ4n) is 2.98. The molecule has 1 aliphatic heterocycles. The third-order valence-corrected chi connectivity index (χ3v) is 6.18. The Morgan fingerprint density at radius 3 is 2.75 bits per heavy atom. The summed E-state index contributed by atoms with van der Waals surface area (Å²) >= 11 is 0. The summed E-state index contributed by atoms with van der Waals surface area (Å²) in [6, 6.07) is 6.83. The molecule has 1 fully saturated rings. The Bertz CT molecular complexity index is 566. The fraction of sp³-hybridized carbons (Fsp3) is 0.625. The molecule has 20 heavy (non-hydrogen) atoms. The Morgan fingerprint density at radius 1 is 1.30 bits per heavy atom. The molecule has 0 radical (unpaired) electrons. The maximum Gasteiger partial charge on any atom is 0.151 e. The van der Waals surface area contributed by atoms with Crippen molar-refractivity contribution in [2.24, 2.45) is 0 Å². The van der Waals surface area contributed by atoms with Gasteiger partial charge in [-0.25, -0.2) is 8.42 Å². The highest BCUT2D eigenvalue weighted by molar-refractivity contribution is 7.91. The van der Waals surface area contributed by atoms with E-state index in [4.69, 9.17) is 0 Å². The Balaban J connectivity index is 2.13. The molecular formula is C16H25NO2S. The summed E-state index contributed by atoms with van der Waals surface area (Å²) in [5.41, 5.74) is 4.04. The molecular weight excluding hydrogens is 270 g/mol. The standard InChI is InChI=1S/C16H25NO2S/c1-4-20(18,19)12-11-17-10-6-9-16(17)15-8-5-7-13(2)14(15)3/h5,7-8,16H,4,6,9-12H2,1-3H3. The van der Waals surface area contributed by atoms with Crippen molar-refractivity contribution in [1.29, 1.82) is 0 Å². The molecule has 0 spiro atoms. The highest BCUT2D eigenvalue weighted by Gasteiger charge is 2.27. The summed E-state index contributed by atoms with van der Waals surface area (Å²) in [4.78, 5) is 2.34. The highest BCUT2D eigenvalue weighted by atomic mass is 32.2. The van der Waals surface area contributed by atoms with Crippen molar-refractivity contribution in [1.82, 2.24) is 4.90 Å². The van der Waals surface area contributed by atoms with Crippen LogP contribution in [0.2, 0.25) is 0 Å². The first-order valence-electron chi connectivity index (χ1n) is 7.45. The maximum atomic E-state index is 11.7. The minimum Gasteiger partial charge on any atom is -0.295 e. The molecule has 0 saturated carbocycles. The van der Waals surface area contributed by atoms with Gasteiger partial charge in [-0.3, -0.25) is 4.90 Å². The molecule has 0 aromatic heterocycles. The average Bonchev–Trinajstić information content (AvgIpc) is 2.88. The van der Waals surface area contributed by atoms with Gasteiger partial charge in [0, 0.05) is 18.3 Å². The molecule has 2 rings (SSSR count). The molecule has 0 amide bonds. The number of benzene rings is 1. The summed E-state index contributed by atoms with van der Waals surface area (Å²) < 4.78 is 23.4. The van der Waals surface area contributed by atoms with Crippen molar-refractivity contribution in [2.45, 2.75) is 39.7 Å². The first-order valence-corrected chi connectivity index (χ1v) is 9.27. The second-order valence-corrected chi connectivity index (χ2v) is 8.19. The second kappa shape index (κ2) is 6.27. The van der Waals surface area contributed by atoms with Gasteiger partial charge in [-0.15, -0.1) is 0 Å². The zero-order valence-electron chi connectivity index (χ0n) is 12.7. The molecule has 0 bridgehead atoms. The minimum atomic E-state index is -2.87. The van der Waals surface area contributed by atoms with E-state index in [-0.39, 0.29) is 11.5 Å². The van der Waals surface area contributed by atoms with Crippen LogP contribution in [0.1, 0.15) is 42.5 Å². The monoisotopic (exact) mass is 295 g/mol. The normalized spacial score (nSPS) is 20.4. The number of aryl methyl sites for hydroxylation is 1. The van der Waals surface area contributed by atoms with Crippen LogP contribution in [0.4, 0.5) is 0 Å². The number of rotatable bonds is 5. The van der Waals surface area contributed by atoms with Gasteiger partial charge in [0.2, 0.25) is 0 Å². The smallest absolute Gasteiger partial charge is 0.151 e. The lowest BCUT2D eigenvalue weighted by atomic mass is 9.96. The van der Waals surface area contributed by atoms with Crippen LogP contribution in [0, 0.1) is 13.8 Å². The molecule has 1 heterocycles. The summed E-state index contributed by atoms with van der Waals surface area (Å²) in [7, 11) is -2.87. The average molecular weight is 295 g/mol. The van der Waals surface area contributed by atoms with Gasteiger partial charge in [0.25, 0.3) is 0 Å². The van der Waals surface area contributed by atoms with E-state index in [1.807, 2.05) is 0 Å². The van der Waals surface area contributed by atoms with Crippen molar-refractivity contribution in [2.75, 3.05) is 24.6 Å². The topological polar surface area (TPSA) is 37.4 Å². The predicted octanol–water partition coefficient (Wildman–Crippen LogP) is 2.88. The largest absolute Gasteiger partial charge is 0.295 e. The Kier molecular flexibility index (Phi) is 4.86. The summed E-state index contributed by atoms with van der Waals surface area (Å²) in [6.07, 6.45) is 2.29. The van der Waals surface area contributed by atoms with E-state index in [1.54, 1.807) is 6.92 Å². The molecule has 1 aliphatic rings. The lowest BCUT2D eigenvalue weighted by Crippen LogP contribution is -2.30. The molecule has 3 nitrogen and oxygen atoms in total. The number of hydrogen-bond donors (Lipinski definition) is 0. The summed E-state index contributed by atoms with van der Waals surface area (Å²) in [6.45, 7) is 7.70. The van der Waals surface area contributed by atoms with Crippen LogP contribution in [0.25, 0.3) is 0 Å². The molecule has 112 valence electrons. The lowest BCUT2D eigenvalue weighted by molar-refractivity contribution is 0.271. The van der Waals surface area contributed by atoms with E-state index in [0.29, 0.717) is 12.6 Å². The summed E-state index contributed by atoms with van der Waals surface area (Å²) in [5, 5.41) is 0. The van der Waals surface area contributed by atoms with E-state index in [2.05, 4.69) is 36.9 Å². The van der Waals surface area contributed by atoms with Crippen molar-refractivity contribution in [3.8, 4) is 0 Å². The zero-order chi connectivity index (χ0) is 14.8. The van der Waals surface area contributed by atoms with Gasteiger partial charge in [0.1, 0.15) is 0 Å². The van der Waals surface area contributed by atoms with Crippen molar-refractivity contribution < 1.29 is 8.42 Å². The van der Waals surface area contributed by atoms with E-state index < -0.39 is 9.84 Å². The van der Waals surface area contributed by atoms with Crippen LogP contribution >= 0.6 is 0 Å². The molecule has 4 heteroatoms. The van der Waals surface area contributed by atoms with Crippen molar-refractivity contribution in [3.05, 3.63) is 34.9 Å². The number of nitrogens with zero attached hydrogens (tertiary/aromatic N) is 1. The first-order chi connectivity index (χ1) is 9.44. The SMILES string of the molecule is CCS(=O)(=O)CCN1CCCC1c1cccc(C)c1C. The summed E-state index contributed by atoms with van der Waals surface area (Å²) in [5.74, 6) is 0.528. The van der Waals surface area contributed by atoms with E-state index in [0.717, 1.165) is 19.4 Å². The van der Waals surface area contributed by atoms with Crippen LogP contribution in [-0.2, 0) is 9.84 Å². The molecule has 0 aliphatic carbocycles. The number of sulfone groups is 1. The third-order valence-electron chi connectivity index (χ3n) is 4.50. The molecule has 1 aromatic carbocycles. The van der Waals surface area contributed by atoms with Crippen molar-refractivity contribution in [3.63, 3.8) is 0 Å². The third kappa shape index (κ3) is 3.41. The van der Waals surface area contributed by atoms with Gasteiger partial charge < -0.3 is 0 Å². The molecule has 1 saturated heterocycles. The van der Waals surface area contributed by atoms with Crippen LogP contribution in [0.3, 0.4) is 0 Å².